The molecule has 1 N–H and O–H groups in total. The summed E-state index contributed by atoms with van der Waals surface area (Å²) in [6, 6.07) is 15.1. The van der Waals surface area contributed by atoms with Gasteiger partial charge in [0.25, 0.3) is 5.91 Å². The fourth-order valence-corrected chi connectivity index (χ4v) is 5.65. The molecule has 0 saturated carbocycles. The van der Waals surface area contributed by atoms with Crippen LogP contribution in [0.2, 0.25) is 10.0 Å². The van der Waals surface area contributed by atoms with Crippen LogP contribution in [0.3, 0.4) is 0 Å². The minimum Gasteiger partial charge on any atom is -0.477 e. The highest BCUT2D eigenvalue weighted by Crippen LogP contribution is 2.40. The van der Waals surface area contributed by atoms with E-state index in [9.17, 15) is 19.5 Å². The summed E-state index contributed by atoms with van der Waals surface area (Å²) in [6.45, 7) is 5.89. The molecule has 0 bridgehead atoms. The lowest BCUT2D eigenvalue weighted by atomic mass is 10.1. The van der Waals surface area contributed by atoms with Gasteiger partial charge in [-0.05, 0) is 57.0 Å². The highest BCUT2D eigenvalue weighted by Gasteiger charge is 2.38. The lowest BCUT2D eigenvalue weighted by Gasteiger charge is -2.30. The zero-order valence-electron chi connectivity index (χ0n) is 20.5. The third-order valence-corrected chi connectivity index (χ3v) is 7.49. The summed E-state index contributed by atoms with van der Waals surface area (Å²) >= 11 is 13.5. The van der Waals surface area contributed by atoms with Gasteiger partial charge in [-0.15, -0.1) is 11.3 Å². The van der Waals surface area contributed by atoms with E-state index >= 15 is 0 Å². The number of amides is 2. The lowest BCUT2D eigenvalue weighted by Crippen LogP contribution is -2.44. The van der Waals surface area contributed by atoms with E-state index in [-0.39, 0.29) is 27.7 Å². The molecule has 2 aromatic carbocycles. The van der Waals surface area contributed by atoms with Crippen molar-refractivity contribution in [1.29, 1.82) is 0 Å². The number of aromatic carboxylic acids is 1. The van der Waals surface area contributed by atoms with Crippen LogP contribution in [0.15, 0.2) is 54.6 Å². The van der Waals surface area contributed by atoms with Gasteiger partial charge in [0.15, 0.2) is 0 Å². The normalized spacial score (nSPS) is 15.5. The van der Waals surface area contributed by atoms with Gasteiger partial charge in [-0.3, -0.25) is 4.79 Å². The number of carboxylic acids is 1. The largest absolute Gasteiger partial charge is 0.477 e. The second kappa shape index (κ2) is 10.7. The topological polar surface area (TPSA) is 87.2 Å². The van der Waals surface area contributed by atoms with E-state index in [2.05, 4.69) is 0 Å². The molecule has 10 heteroatoms. The van der Waals surface area contributed by atoms with Crippen molar-refractivity contribution in [2.24, 2.45) is 0 Å². The van der Waals surface area contributed by atoms with Crippen LogP contribution in [0, 0.1) is 0 Å². The number of rotatable bonds is 5. The summed E-state index contributed by atoms with van der Waals surface area (Å²) in [5.74, 6) is -1.62. The van der Waals surface area contributed by atoms with Gasteiger partial charge in [0, 0.05) is 23.0 Å². The van der Waals surface area contributed by atoms with Gasteiger partial charge < -0.3 is 19.6 Å². The molecule has 1 saturated heterocycles. The van der Waals surface area contributed by atoms with Crippen LogP contribution in [0.25, 0.3) is 10.4 Å². The van der Waals surface area contributed by atoms with Crippen LogP contribution in [-0.2, 0) is 4.74 Å². The number of ether oxygens (including phenoxy) is 1. The van der Waals surface area contributed by atoms with Gasteiger partial charge >= 0.3 is 12.1 Å². The fraction of sp³-hybridized carbons (Fsp3) is 0.296. The Hall–Kier alpha value is -3.07. The number of carboxylic acid groups (broad SMARTS) is 1. The zero-order valence-corrected chi connectivity index (χ0v) is 22.9. The average molecular weight is 561 g/mol. The molecule has 1 aliphatic rings. The summed E-state index contributed by atoms with van der Waals surface area (Å²) < 4.78 is 5.51. The number of likely N-dealkylation sites (tertiary alicyclic amines) is 1. The van der Waals surface area contributed by atoms with Crippen molar-refractivity contribution < 1.29 is 24.2 Å². The molecular weight excluding hydrogens is 535 g/mol. The van der Waals surface area contributed by atoms with Crippen LogP contribution < -0.4 is 4.90 Å². The van der Waals surface area contributed by atoms with E-state index in [1.807, 2.05) is 30.3 Å². The molecule has 7 nitrogen and oxygen atoms in total. The maximum absolute atomic E-state index is 14.0. The van der Waals surface area contributed by atoms with Gasteiger partial charge in [-0.2, -0.15) is 0 Å². The Labute approximate surface area is 229 Å². The second-order valence-electron chi connectivity index (χ2n) is 9.66. The third-order valence-electron chi connectivity index (χ3n) is 5.79. The van der Waals surface area contributed by atoms with Crippen molar-refractivity contribution in [3.63, 3.8) is 0 Å². The molecule has 1 unspecified atom stereocenters. The Bertz CT molecular complexity index is 1340. The Morgan fingerprint density at radius 3 is 2.41 bits per heavy atom. The van der Waals surface area contributed by atoms with E-state index in [1.54, 1.807) is 32.9 Å². The predicted octanol–water partition coefficient (Wildman–Crippen LogP) is 7.08. The van der Waals surface area contributed by atoms with E-state index in [4.69, 9.17) is 27.9 Å². The standard InChI is InChI=1S/C27H26Cl2N2O5S/c1-27(2,3)36-26(35)30-12-11-18(15-30)31(24(32)19-10-9-17(28)13-20(19)29)21-14-22(37-23(21)25(33)34)16-7-5-4-6-8-16/h4-10,13-14,18H,11-12,15H2,1-3H3,(H,33,34). The molecule has 37 heavy (non-hydrogen) atoms. The van der Waals surface area contributed by atoms with Crippen LogP contribution in [-0.4, -0.2) is 52.7 Å². The van der Waals surface area contributed by atoms with Crippen molar-refractivity contribution in [3.8, 4) is 10.4 Å². The number of benzene rings is 2. The van der Waals surface area contributed by atoms with Gasteiger partial charge in [0.05, 0.1) is 22.3 Å². The minimum absolute atomic E-state index is 0.0213. The van der Waals surface area contributed by atoms with Crippen molar-refractivity contribution in [3.05, 3.63) is 75.1 Å². The molecule has 2 heterocycles. The number of hydrogen-bond acceptors (Lipinski definition) is 5. The molecular formula is C27H26Cl2N2O5S. The Morgan fingerprint density at radius 1 is 1.08 bits per heavy atom. The highest BCUT2D eigenvalue weighted by atomic mass is 35.5. The molecule has 194 valence electrons. The summed E-state index contributed by atoms with van der Waals surface area (Å²) in [7, 11) is 0. The number of nitrogens with zero attached hydrogens (tertiary/aromatic N) is 2. The first-order valence-electron chi connectivity index (χ1n) is 11.6. The SMILES string of the molecule is CC(C)(C)OC(=O)N1CCC(N(C(=O)c2ccc(Cl)cc2Cl)c2cc(-c3ccccc3)sc2C(=O)O)C1. The van der Waals surface area contributed by atoms with Crippen molar-refractivity contribution >= 4 is 58.2 Å². The Morgan fingerprint density at radius 2 is 1.78 bits per heavy atom. The summed E-state index contributed by atoms with van der Waals surface area (Å²) in [5.41, 5.74) is 0.601. The summed E-state index contributed by atoms with van der Waals surface area (Å²) in [4.78, 5) is 42.7. The Kier molecular flexibility index (Phi) is 7.83. The third kappa shape index (κ3) is 6.09. The first kappa shape index (κ1) is 27.0. The number of hydrogen-bond donors (Lipinski definition) is 1. The minimum atomic E-state index is -1.15. The van der Waals surface area contributed by atoms with Crippen LogP contribution in [0.1, 0.15) is 47.2 Å². The predicted molar refractivity (Wildman–Crippen MR) is 146 cm³/mol. The summed E-state index contributed by atoms with van der Waals surface area (Å²) in [5, 5.41) is 10.6. The highest BCUT2D eigenvalue weighted by molar-refractivity contribution is 7.18. The lowest BCUT2D eigenvalue weighted by molar-refractivity contribution is 0.0291. The molecule has 2 amide bonds. The second-order valence-corrected chi connectivity index (χ2v) is 11.6. The smallest absolute Gasteiger partial charge is 0.410 e. The van der Waals surface area contributed by atoms with Gasteiger partial charge in [0.2, 0.25) is 0 Å². The molecule has 4 rings (SSSR count). The number of thiophene rings is 1. The van der Waals surface area contributed by atoms with Crippen molar-refractivity contribution in [1.82, 2.24) is 4.90 Å². The van der Waals surface area contributed by atoms with Gasteiger partial charge in [0.1, 0.15) is 10.5 Å². The monoisotopic (exact) mass is 560 g/mol. The molecule has 1 aromatic heterocycles. The molecule has 0 radical (unpaired) electrons. The average Bonchev–Trinajstić information content (AvgIpc) is 3.47. The zero-order chi connectivity index (χ0) is 26.9. The van der Waals surface area contributed by atoms with E-state index in [0.29, 0.717) is 22.9 Å². The fourth-order valence-electron chi connectivity index (χ4n) is 4.17. The van der Waals surface area contributed by atoms with Crippen molar-refractivity contribution in [2.75, 3.05) is 18.0 Å². The van der Waals surface area contributed by atoms with Crippen LogP contribution in [0.4, 0.5) is 10.5 Å². The maximum atomic E-state index is 14.0. The van der Waals surface area contributed by atoms with E-state index in [0.717, 1.165) is 16.9 Å². The molecule has 1 aliphatic heterocycles. The number of carbonyl (C=O) groups is 3. The first-order chi connectivity index (χ1) is 17.4. The van der Waals surface area contributed by atoms with Gasteiger partial charge in [-0.25, -0.2) is 9.59 Å². The molecule has 0 spiro atoms. The summed E-state index contributed by atoms with van der Waals surface area (Å²) in [6.07, 6.45) is -0.0492. The Balaban J connectivity index is 1.78. The first-order valence-corrected chi connectivity index (χ1v) is 13.2. The maximum Gasteiger partial charge on any atom is 0.410 e. The van der Waals surface area contributed by atoms with Crippen molar-refractivity contribution in [2.45, 2.75) is 38.8 Å². The molecule has 1 fully saturated rings. The number of halogens is 2. The van der Waals surface area contributed by atoms with E-state index in [1.165, 1.54) is 21.9 Å². The molecule has 1 atom stereocenters. The van der Waals surface area contributed by atoms with Gasteiger partial charge in [-0.1, -0.05) is 53.5 Å². The molecule has 0 aliphatic carbocycles. The molecule has 3 aromatic rings. The quantitative estimate of drug-likeness (QED) is 0.360. The number of carbonyl (C=O) groups excluding carboxylic acids is 2. The van der Waals surface area contributed by atoms with Crippen LogP contribution >= 0.6 is 34.5 Å². The number of anilines is 1. The van der Waals surface area contributed by atoms with Crippen LogP contribution in [0.5, 0.6) is 0 Å². The van der Waals surface area contributed by atoms with E-state index < -0.39 is 29.6 Å².